The van der Waals surface area contributed by atoms with Crippen LogP contribution in [0.15, 0.2) is 0 Å². The van der Waals surface area contributed by atoms with Crippen molar-refractivity contribution in [3.63, 3.8) is 0 Å². The smallest absolute Gasteiger partial charge is 0.370 e. The highest BCUT2D eigenvalue weighted by Gasteiger charge is 2.12. The van der Waals surface area contributed by atoms with Crippen molar-refractivity contribution in [2.75, 3.05) is 16.4 Å². The molecule has 42 valence electrons. The zero-order chi connectivity index (χ0) is 5.70. The van der Waals surface area contributed by atoms with Crippen molar-refractivity contribution in [3.05, 3.63) is 0 Å². The van der Waals surface area contributed by atoms with E-state index in [9.17, 15) is 0 Å². The van der Waals surface area contributed by atoms with Crippen molar-refractivity contribution >= 4 is 14.1 Å². The van der Waals surface area contributed by atoms with Crippen molar-refractivity contribution in [2.24, 2.45) is 0 Å². The molecule has 0 fully saturated rings. The molecule has 0 amide bonds. The molecule has 0 unspecified atom stereocenters. The largest absolute Gasteiger partial charge is 0.411 e. The first-order valence-electron chi connectivity index (χ1n) is 2.17. The Morgan fingerprint density at radius 1 is 0.857 bits per heavy atom. The van der Waals surface area contributed by atoms with Gasteiger partial charge in [0.05, 0.1) is 0 Å². The maximum absolute atomic E-state index is 8.27. The molecule has 0 bridgehead atoms. The summed E-state index contributed by atoms with van der Waals surface area (Å²) in [6.45, 7) is 0. The lowest BCUT2D eigenvalue weighted by Gasteiger charge is -1.95. The van der Waals surface area contributed by atoms with E-state index in [-0.39, 0.29) is 16.4 Å². The van der Waals surface area contributed by atoms with Crippen molar-refractivity contribution in [1.82, 2.24) is 0 Å². The van der Waals surface area contributed by atoms with Crippen LogP contribution in [-0.2, 0) is 0 Å². The Bertz CT molecular complexity index is 31.7. The summed E-state index contributed by atoms with van der Waals surface area (Å²) >= 11 is -1.50. The molecule has 0 radical (unpaired) electrons. The first-order chi connectivity index (χ1) is 3.35. The second-order valence-electron chi connectivity index (χ2n) is 1.41. The molecule has 0 aromatic rings. The lowest BCUT2D eigenvalue weighted by atomic mass is 11.6. The standard InChI is InChI=1S/3CH3O.Al/c3*1-2;/h3*2H,1H2;. The lowest BCUT2D eigenvalue weighted by molar-refractivity contribution is 0.299. The number of aliphatic hydroxyl groups excluding tert-OH is 3. The average molecular weight is 120 g/mol. The molecule has 3 N–H and O–H groups in total. The van der Waals surface area contributed by atoms with Crippen LogP contribution < -0.4 is 0 Å². The van der Waals surface area contributed by atoms with Crippen LogP contribution in [0.2, 0.25) is 0 Å². The molecule has 0 aliphatic heterocycles. The van der Waals surface area contributed by atoms with Gasteiger partial charge in [-0.25, -0.2) is 0 Å². The van der Waals surface area contributed by atoms with Crippen LogP contribution in [0.3, 0.4) is 0 Å². The monoisotopic (exact) mass is 120 g/mol. The minimum Gasteiger partial charge on any atom is -0.411 e. The summed E-state index contributed by atoms with van der Waals surface area (Å²) in [6, 6.07) is 0. The lowest BCUT2D eigenvalue weighted by Crippen LogP contribution is -2.28. The van der Waals surface area contributed by atoms with Gasteiger partial charge in [-0.05, 0) is 0 Å². The molecule has 0 saturated carbocycles. The van der Waals surface area contributed by atoms with Crippen LogP contribution in [0, 0.1) is 0 Å². The van der Waals surface area contributed by atoms with Gasteiger partial charge in [0.25, 0.3) is 0 Å². The number of rotatable bonds is 3. The van der Waals surface area contributed by atoms with Crippen molar-refractivity contribution in [1.29, 1.82) is 0 Å². The molecule has 0 aliphatic carbocycles. The maximum atomic E-state index is 8.27. The van der Waals surface area contributed by atoms with Gasteiger partial charge in [-0.2, -0.15) is 0 Å². The van der Waals surface area contributed by atoms with Crippen LogP contribution >= 0.6 is 0 Å². The summed E-state index contributed by atoms with van der Waals surface area (Å²) in [6.07, 6.45) is 0. The molecule has 0 aromatic carbocycles. The molecule has 4 heteroatoms. The third-order valence-electron chi connectivity index (χ3n) is 0.775. The summed E-state index contributed by atoms with van der Waals surface area (Å²) in [4.78, 5) is 0. The molecule has 0 aromatic heterocycles. The fourth-order valence-electron chi connectivity index (χ4n) is 0.173. The molecule has 0 aliphatic rings. The van der Waals surface area contributed by atoms with Crippen LogP contribution in [-0.4, -0.2) is 45.9 Å². The van der Waals surface area contributed by atoms with E-state index >= 15 is 0 Å². The average Bonchev–Trinajstić information content (AvgIpc) is 1.72. The third kappa shape index (κ3) is 3.04. The zero-order valence-corrected chi connectivity index (χ0v) is 5.20. The van der Waals surface area contributed by atoms with E-state index in [2.05, 4.69) is 0 Å². The Morgan fingerprint density at radius 2 is 1.14 bits per heavy atom. The molecule has 0 rings (SSSR count). The molecule has 3 nitrogen and oxygen atoms in total. The van der Waals surface area contributed by atoms with Crippen LogP contribution in [0.25, 0.3) is 0 Å². The van der Waals surface area contributed by atoms with E-state index in [1.165, 1.54) is 0 Å². The SMILES string of the molecule is O[CH2][Al]([CH2]O)[CH2]O. The van der Waals surface area contributed by atoms with E-state index in [1.54, 1.807) is 0 Å². The van der Waals surface area contributed by atoms with Gasteiger partial charge in [-0.15, -0.1) is 0 Å². The Balaban J connectivity index is 2.99. The Kier molecular flexibility index (Phi) is 4.84. The number of aliphatic hydroxyl groups is 3. The second kappa shape index (κ2) is 4.57. The topological polar surface area (TPSA) is 60.7 Å². The maximum Gasteiger partial charge on any atom is 0.370 e. The normalized spacial score (nSPS) is 9.00. The van der Waals surface area contributed by atoms with Crippen LogP contribution in [0.1, 0.15) is 0 Å². The van der Waals surface area contributed by atoms with Gasteiger partial charge in [-0.1, -0.05) is 0 Å². The molecule has 0 atom stereocenters. The fourth-order valence-corrected chi connectivity index (χ4v) is 0.520. The zero-order valence-electron chi connectivity index (χ0n) is 4.04. The quantitative estimate of drug-likeness (QED) is 0.380. The second-order valence-corrected chi connectivity index (χ2v) is 4.24. The first kappa shape index (κ1) is 7.41. The minimum absolute atomic E-state index is 0.00694. The Hall–Kier alpha value is 0.412. The summed E-state index contributed by atoms with van der Waals surface area (Å²) in [5.74, 6) is 0. The van der Waals surface area contributed by atoms with E-state index in [0.29, 0.717) is 0 Å². The molecule has 7 heavy (non-hydrogen) atoms. The van der Waals surface area contributed by atoms with Crippen molar-refractivity contribution in [2.45, 2.75) is 0 Å². The van der Waals surface area contributed by atoms with Gasteiger partial charge in [0.15, 0.2) is 0 Å². The third-order valence-corrected chi connectivity index (χ3v) is 2.32. The minimum atomic E-state index is -1.50. The van der Waals surface area contributed by atoms with Gasteiger partial charge in [-0.3, -0.25) is 0 Å². The van der Waals surface area contributed by atoms with E-state index in [4.69, 9.17) is 15.3 Å². The summed E-state index contributed by atoms with van der Waals surface area (Å²) in [5, 5.41) is 24.8. The fraction of sp³-hybridized carbons (Fsp3) is 1.00. The predicted molar refractivity (Wildman–Crippen MR) is 27.0 cm³/mol. The predicted octanol–water partition coefficient (Wildman–Crippen LogP) is -1.92. The highest BCUT2D eigenvalue weighted by molar-refractivity contribution is 6.58. The van der Waals surface area contributed by atoms with Crippen LogP contribution in [0.5, 0.6) is 0 Å². The molecule has 0 saturated heterocycles. The van der Waals surface area contributed by atoms with E-state index in [0.717, 1.165) is 0 Å². The number of hydrogen-bond acceptors (Lipinski definition) is 3. The van der Waals surface area contributed by atoms with Gasteiger partial charge in [0.2, 0.25) is 0 Å². The molecule has 0 spiro atoms. The van der Waals surface area contributed by atoms with Gasteiger partial charge >= 0.3 is 14.1 Å². The highest BCUT2D eigenvalue weighted by atomic mass is 27.2. The van der Waals surface area contributed by atoms with Gasteiger partial charge in [0, 0.05) is 16.4 Å². The molecular weight excluding hydrogens is 111 g/mol. The number of hydrogen-bond donors (Lipinski definition) is 3. The van der Waals surface area contributed by atoms with Crippen molar-refractivity contribution < 1.29 is 15.3 Å². The summed E-state index contributed by atoms with van der Waals surface area (Å²) < 4.78 is 0. The molecular formula is C3H9AlO3. The van der Waals surface area contributed by atoms with Gasteiger partial charge in [0.1, 0.15) is 0 Å². The highest BCUT2D eigenvalue weighted by Crippen LogP contribution is 1.72. The first-order valence-corrected chi connectivity index (χ1v) is 4.62. The van der Waals surface area contributed by atoms with E-state index < -0.39 is 14.1 Å². The van der Waals surface area contributed by atoms with Crippen LogP contribution in [0.4, 0.5) is 0 Å². The summed E-state index contributed by atoms with van der Waals surface area (Å²) in [7, 11) is 0. The van der Waals surface area contributed by atoms with Gasteiger partial charge < -0.3 is 15.3 Å². The Morgan fingerprint density at radius 3 is 1.14 bits per heavy atom. The Labute approximate surface area is 46.6 Å². The molecule has 0 heterocycles. The summed E-state index contributed by atoms with van der Waals surface area (Å²) in [5.41, 5.74) is -0.0208. The van der Waals surface area contributed by atoms with Crippen molar-refractivity contribution in [3.8, 4) is 0 Å². The van der Waals surface area contributed by atoms with E-state index in [1.807, 2.05) is 0 Å².